The maximum Gasteiger partial charge on any atom is 0.261 e. The molecule has 0 aliphatic heterocycles. The Balaban J connectivity index is 2.42. The van der Waals surface area contributed by atoms with Crippen LogP contribution < -0.4 is 5.32 Å². The van der Waals surface area contributed by atoms with Gasteiger partial charge in [-0.3, -0.25) is 4.79 Å². The van der Waals surface area contributed by atoms with Crippen LogP contribution in [0.3, 0.4) is 0 Å². The van der Waals surface area contributed by atoms with Crippen LogP contribution in [0.5, 0.6) is 0 Å². The molecule has 0 unspecified atom stereocenters. The molecule has 0 aliphatic rings. The van der Waals surface area contributed by atoms with Gasteiger partial charge in [-0.25, -0.2) is 0 Å². The summed E-state index contributed by atoms with van der Waals surface area (Å²) in [5, 5.41) is 2.74. The summed E-state index contributed by atoms with van der Waals surface area (Å²) in [6.07, 6.45) is -0.394. The highest BCUT2D eigenvalue weighted by Crippen LogP contribution is 2.14. The molecule has 0 atom stereocenters. The summed E-state index contributed by atoms with van der Waals surface area (Å²) >= 11 is 1.47. The monoisotopic (exact) mass is 229 g/mol. The lowest BCUT2D eigenvalue weighted by Crippen LogP contribution is -2.33. The van der Waals surface area contributed by atoms with E-state index in [0.717, 1.165) is 4.88 Å². The van der Waals surface area contributed by atoms with E-state index in [1.54, 1.807) is 0 Å². The first-order chi connectivity index (χ1) is 7.17. The minimum Gasteiger partial charge on any atom is -0.354 e. The third-order valence-electron chi connectivity index (χ3n) is 1.92. The zero-order chi connectivity index (χ0) is 11.3. The van der Waals surface area contributed by atoms with E-state index >= 15 is 0 Å². The molecule has 1 rings (SSSR count). The van der Waals surface area contributed by atoms with Gasteiger partial charge in [0, 0.05) is 19.1 Å². The molecule has 1 heterocycles. The SMILES string of the molecule is COC(CNC(=O)c1ccc(C)s1)OC. The molecular formula is C10H15NO3S. The molecular weight excluding hydrogens is 214 g/mol. The highest BCUT2D eigenvalue weighted by atomic mass is 32.1. The summed E-state index contributed by atoms with van der Waals surface area (Å²) in [4.78, 5) is 13.4. The van der Waals surface area contributed by atoms with Crippen LogP contribution in [0, 0.1) is 6.92 Å². The molecule has 4 nitrogen and oxygen atoms in total. The van der Waals surface area contributed by atoms with Crippen molar-refractivity contribution in [2.24, 2.45) is 0 Å². The molecule has 1 aromatic rings. The smallest absolute Gasteiger partial charge is 0.261 e. The molecule has 0 fully saturated rings. The van der Waals surface area contributed by atoms with Crippen LogP contribution in [-0.2, 0) is 9.47 Å². The van der Waals surface area contributed by atoms with Gasteiger partial charge in [-0.15, -0.1) is 11.3 Å². The maximum absolute atomic E-state index is 11.6. The van der Waals surface area contributed by atoms with Crippen molar-refractivity contribution in [1.29, 1.82) is 0 Å². The Kier molecular flexibility index (Phi) is 4.74. The maximum atomic E-state index is 11.6. The zero-order valence-electron chi connectivity index (χ0n) is 9.07. The fourth-order valence-electron chi connectivity index (χ4n) is 1.08. The molecule has 5 heteroatoms. The summed E-state index contributed by atoms with van der Waals surface area (Å²) in [5.41, 5.74) is 0. The molecule has 0 spiro atoms. The minimum atomic E-state index is -0.394. The van der Waals surface area contributed by atoms with E-state index in [9.17, 15) is 4.79 Å². The summed E-state index contributed by atoms with van der Waals surface area (Å²) in [6.45, 7) is 2.32. The van der Waals surface area contributed by atoms with Gasteiger partial charge < -0.3 is 14.8 Å². The number of hydrogen-bond acceptors (Lipinski definition) is 4. The minimum absolute atomic E-state index is 0.0906. The van der Waals surface area contributed by atoms with E-state index in [1.807, 2.05) is 19.1 Å². The van der Waals surface area contributed by atoms with Crippen molar-refractivity contribution in [3.63, 3.8) is 0 Å². The average molecular weight is 229 g/mol. The van der Waals surface area contributed by atoms with Crippen LogP contribution in [0.2, 0.25) is 0 Å². The van der Waals surface area contributed by atoms with Crippen LogP contribution in [0.15, 0.2) is 12.1 Å². The van der Waals surface area contributed by atoms with Crippen molar-refractivity contribution in [3.8, 4) is 0 Å². The predicted molar refractivity (Wildman–Crippen MR) is 59.2 cm³/mol. The van der Waals surface area contributed by atoms with Crippen LogP contribution in [-0.4, -0.2) is 33.0 Å². The molecule has 0 aromatic carbocycles. The van der Waals surface area contributed by atoms with Gasteiger partial charge in [0.2, 0.25) is 0 Å². The summed E-state index contributed by atoms with van der Waals surface area (Å²) in [7, 11) is 3.07. The summed E-state index contributed by atoms with van der Waals surface area (Å²) in [5.74, 6) is -0.0906. The second kappa shape index (κ2) is 5.85. The standard InChI is InChI=1S/C10H15NO3S/c1-7-4-5-8(15-7)10(12)11-6-9(13-2)14-3/h4-5,9H,6H2,1-3H3,(H,11,12). The van der Waals surface area contributed by atoms with Crippen LogP contribution in [0.25, 0.3) is 0 Å². The lowest BCUT2D eigenvalue weighted by molar-refractivity contribution is -0.0974. The Labute approximate surface area is 93.2 Å². The van der Waals surface area contributed by atoms with Crippen LogP contribution in [0.4, 0.5) is 0 Å². The molecule has 1 amide bonds. The fraction of sp³-hybridized carbons (Fsp3) is 0.500. The Morgan fingerprint density at radius 3 is 2.60 bits per heavy atom. The molecule has 1 N–H and O–H groups in total. The number of hydrogen-bond donors (Lipinski definition) is 1. The van der Waals surface area contributed by atoms with Crippen molar-refractivity contribution in [1.82, 2.24) is 5.32 Å². The van der Waals surface area contributed by atoms with E-state index < -0.39 is 6.29 Å². The van der Waals surface area contributed by atoms with E-state index in [0.29, 0.717) is 11.4 Å². The second-order valence-electron chi connectivity index (χ2n) is 3.02. The highest BCUT2D eigenvalue weighted by molar-refractivity contribution is 7.13. The first-order valence-corrected chi connectivity index (χ1v) is 5.39. The van der Waals surface area contributed by atoms with Gasteiger partial charge in [-0.05, 0) is 19.1 Å². The summed E-state index contributed by atoms with van der Waals surface area (Å²) < 4.78 is 9.91. The van der Waals surface area contributed by atoms with Gasteiger partial charge in [0.15, 0.2) is 6.29 Å². The van der Waals surface area contributed by atoms with Gasteiger partial charge in [0.05, 0.1) is 11.4 Å². The average Bonchev–Trinajstić information content (AvgIpc) is 2.66. The lowest BCUT2D eigenvalue weighted by Gasteiger charge is -2.13. The first kappa shape index (κ1) is 12.2. The molecule has 15 heavy (non-hydrogen) atoms. The third-order valence-corrected chi connectivity index (χ3v) is 2.92. The van der Waals surface area contributed by atoms with Crippen molar-refractivity contribution < 1.29 is 14.3 Å². The number of methoxy groups -OCH3 is 2. The Morgan fingerprint density at radius 1 is 1.47 bits per heavy atom. The van der Waals surface area contributed by atoms with Crippen molar-refractivity contribution in [2.75, 3.05) is 20.8 Å². The van der Waals surface area contributed by atoms with Gasteiger partial charge in [-0.2, -0.15) is 0 Å². The molecule has 84 valence electrons. The van der Waals surface area contributed by atoms with E-state index in [4.69, 9.17) is 9.47 Å². The molecule has 0 saturated carbocycles. The number of nitrogens with one attached hydrogen (secondary N) is 1. The normalized spacial score (nSPS) is 10.7. The van der Waals surface area contributed by atoms with Gasteiger partial charge in [0.25, 0.3) is 5.91 Å². The highest BCUT2D eigenvalue weighted by Gasteiger charge is 2.10. The van der Waals surface area contributed by atoms with Gasteiger partial charge >= 0.3 is 0 Å². The molecule has 1 aromatic heterocycles. The fourth-order valence-corrected chi connectivity index (χ4v) is 1.87. The van der Waals surface area contributed by atoms with Crippen molar-refractivity contribution >= 4 is 17.2 Å². The number of amides is 1. The second-order valence-corrected chi connectivity index (χ2v) is 4.31. The number of ether oxygens (including phenoxy) is 2. The van der Waals surface area contributed by atoms with E-state index in [2.05, 4.69) is 5.32 Å². The van der Waals surface area contributed by atoms with Crippen molar-refractivity contribution in [3.05, 3.63) is 21.9 Å². The topological polar surface area (TPSA) is 47.6 Å². The lowest BCUT2D eigenvalue weighted by atomic mass is 10.4. The Bertz CT molecular complexity index is 320. The molecule has 0 bridgehead atoms. The van der Waals surface area contributed by atoms with Gasteiger partial charge in [-0.1, -0.05) is 0 Å². The number of carbonyl (C=O) groups is 1. The zero-order valence-corrected chi connectivity index (χ0v) is 9.89. The van der Waals surface area contributed by atoms with Crippen LogP contribution >= 0.6 is 11.3 Å². The summed E-state index contributed by atoms with van der Waals surface area (Å²) in [6, 6.07) is 3.73. The number of thiophene rings is 1. The Hall–Kier alpha value is -0.910. The number of aryl methyl sites for hydroxylation is 1. The number of rotatable bonds is 5. The quantitative estimate of drug-likeness (QED) is 0.776. The van der Waals surface area contributed by atoms with Crippen molar-refractivity contribution in [2.45, 2.75) is 13.2 Å². The van der Waals surface area contributed by atoms with E-state index in [1.165, 1.54) is 25.6 Å². The molecule has 0 saturated heterocycles. The Morgan fingerprint density at radius 2 is 2.13 bits per heavy atom. The predicted octanol–water partition coefficient (Wildman–Crippen LogP) is 1.41. The number of carbonyl (C=O) groups excluding carboxylic acids is 1. The molecule has 0 radical (unpaired) electrons. The third kappa shape index (κ3) is 3.62. The molecule has 0 aliphatic carbocycles. The van der Waals surface area contributed by atoms with E-state index in [-0.39, 0.29) is 5.91 Å². The largest absolute Gasteiger partial charge is 0.354 e. The van der Waals surface area contributed by atoms with Gasteiger partial charge in [0.1, 0.15) is 0 Å². The first-order valence-electron chi connectivity index (χ1n) is 4.57. The van der Waals surface area contributed by atoms with Crippen LogP contribution in [0.1, 0.15) is 14.5 Å².